The Labute approximate surface area is 218 Å². The maximum Gasteiger partial charge on any atom is 0.407 e. The topological polar surface area (TPSA) is 128 Å². The Morgan fingerprint density at radius 3 is 2.36 bits per heavy atom. The van der Waals surface area contributed by atoms with Crippen molar-refractivity contribution in [2.75, 3.05) is 12.9 Å². The van der Waals surface area contributed by atoms with Crippen molar-refractivity contribution in [2.45, 2.75) is 70.7 Å². The number of hydrogen-bond acceptors (Lipinski definition) is 7. The summed E-state index contributed by atoms with van der Waals surface area (Å²) in [6, 6.07) is 12.2. The van der Waals surface area contributed by atoms with E-state index in [1.807, 2.05) is 47.8 Å². The highest BCUT2D eigenvalue weighted by Gasteiger charge is 2.35. The maximum absolute atomic E-state index is 13.1. The fraction of sp³-hybridized carbons (Fsp3) is 0.520. The van der Waals surface area contributed by atoms with Crippen molar-refractivity contribution in [3.63, 3.8) is 0 Å². The lowest BCUT2D eigenvalue weighted by Gasteiger charge is -2.36. The second-order valence-electron chi connectivity index (χ2n) is 9.56. The lowest BCUT2D eigenvalue weighted by Crippen LogP contribution is -2.54. The molecule has 9 nitrogen and oxygen atoms in total. The van der Waals surface area contributed by atoms with E-state index >= 15 is 0 Å². The minimum Gasteiger partial charge on any atom is -0.450 e. The zero-order valence-electron chi connectivity index (χ0n) is 21.3. The highest BCUT2D eigenvalue weighted by atomic mass is 32.2. The second-order valence-corrected chi connectivity index (χ2v) is 12.5. The molecule has 0 radical (unpaired) electrons. The van der Waals surface area contributed by atoms with Crippen LogP contribution < -0.4 is 11.1 Å². The molecule has 0 aliphatic rings. The number of sulfonamides is 1. The van der Waals surface area contributed by atoms with E-state index in [9.17, 15) is 18.0 Å². The van der Waals surface area contributed by atoms with Crippen molar-refractivity contribution in [3.8, 4) is 0 Å². The number of carbonyl (C=O) groups excluding carboxylic acids is 2. The molecule has 1 aromatic carbocycles. The summed E-state index contributed by atoms with van der Waals surface area (Å²) in [5.74, 6) is 0. The third-order valence-corrected chi connectivity index (χ3v) is 7.41. The van der Waals surface area contributed by atoms with Crippen LogP contribution in [0.4, 0.5) is 9.59 Å². The summed E-state index contributed by atoms with van der Waals surface area (Å²) in [4.78, 5) is 24.6. The molecule has 0 aliphatic carbocycles. The summed E-state index contributed by atoms with van der Waals surface area (Å²) in [6.45, 7) is 5.63. The monoisotopic (exact) mass is 539 g/mol. The van der Waals surface area contributed by atoms with Crippen LogP contribution in [0.2, 0.25) is 0 Å². The quantitative estimate of drug-likeness (QED) is 0.366. The van der Waals surface area contributed by atoms with E-state index in [0.717, 1.165) is 10.4 Å². The second kappa shape index (κ2) is 13.6. The van der Waals surface area contributed by atoms with Gasteiger partial charge in [0.05, 0.1) is 12.9 Å². The Morgan fingerprint density at radius 1 is 1.11 bits per heavy atom. The molecule has 1 heterocycles. The van der Waals surface area contributed by atoms with Gasteiger partial charge in [-0.15, -0.1) is 11.3 Å². The number of alkyl carbamates (subject to hydrolysis) is 1. The van der Waals surface area contributed by atoms with Crippen LogP contribution in [0.5, 0.6) is 0 Å². The fourth-order valence-electron chi connectivity index (χ4n) is 3.80. The van der Waals surface area contributed by atoms with Gasteiger partial charge in [0.2, 0.25) is 10.0 Å². The highest BCUT2D eigenvalue weighted by Crippen LogP contribution is 2.24. The molecule has 0 saturated carbocycles. The Kier molecular flexibility index (Phi) is 11.2. The smallest absolute Gasteiger partial charge is 0.407 e. The molecule has 0 bridgehead atoms. The van der Waals surface area contributed by atoms with Gasteiger partial charge in [0, 0.05) is 23.5 Å². The minimum absolute atomic E-state index is 0.142. The molecule has 2 amide bonds. The van der Waals surface area contributed by atoms with Crippen molar-refractivity contribution >= 4 is 33.5 Å². The summed E-state index contributed by atoms with van der Waals surface area (Å²) in [5, 5.41) is 4.83. The standard InChI is InChI=1S/C25H37N3O6S2/c1-25(2,3)34-24(30)27-21(14-8-9-15-33-23(26)29)22(17-19-11-6-5-7-12-19)28(36(4,31)32)18-20-13-10-16-35-20/h5-7,10-13,16,21-22H,8-9,14-15,17-18H2,1-4H3,(H2,26,29)(H,27,30)/t21-,22?/m0/s1. The number of amides is 2. The first-order valence-corrected chi connectivity index (χ1v) is 14.5. The minimum atomic E-state index is -3.66. The first kappa shape index (κ1) is 29.6. The molecular weight excluding hydrogens is 502 g/mol. The average molecular weight is 540 g/mol. The molecule has 1 aromatic heterocycles. The molecule has 2 rings (SSSR count). The van der Waals surface area contributed by atoms with Crippen LogP contribution in [-0.2, 0) is 32.5 Å². The SMILES string of the molecule is CC(C)(C)OC(=O)N[C@@H](CCCCOC(N)=O)C(Cc1ccccc1)N(Cc1cccs1)S(C)(=O)=O. The van der Waals surface area contributed by atoms with Crippen molar-refractivity contribution in [1.82, 2.24) is 9.62 Å². The Balaban J connectivity index is 2.40. The van der Waals surface area contributed by atoms with E-state index in [4.69, 9.17) is 15.2 Å². The Hall–Kier alpha value is -2.63. The van der Waals surface area contributed by atoms with Crippen LogP contribution in [0.15, 0.2) is 47.8 Å². The predicted octanol–water partition coefficient (Wildman–Crippen LogP) is 4.28. The highest BCUT2D eigenvalue weighted by molar-refractivity contribution is 7.88. The lowest BCUT2D eigenvalue weighted by molar-refractivity contribution is 0.0473. The maximum atomic E-state index is 13.1. The molecule has 3 N–H and O–H groups in total. The average Bonchev–Trinajstić information content (AvgIpc) is 3.27. The van der Waals surface area contributed by atoms with Crippen LogP contribution in [0.1, 0.15) is 50.5 Å². The summed E-state index contributed by atoms with van der Waals surface area (Å²) in [6.07, 6.45) is 1.62. The number of thiophene rings is 1. The van der Waals surface area contributed by atoms with Crippen molar-refractivity contribution in [3.05, 3.63) is 58.3 Å². The molecular formula is C25H37N3O6S2. The lowest BCUT2D eigenvalue weighted by atomic mass is 9.95. The van der Waals surface area contributed by atoms with Gasteiger partial charge in [-0.3, -0.25) is 0 Å². The molecule has 2 aromatic rings. The summed E-state index contributed by atoms with van der Waals surface area (Å²) >= 11 is 1.47. The molecule has 2 atom stereocenters. The normalized spacial score (nSPS) is 13.7. The van der Waals surface area contributed by atoms with E-state index in [1.54, 1.807) is 20.8 Å². The van der Waals surface area contributed by atoms with E-state index < -0.39 is 39.9 Å². The van der Waals surface area contributed by atoms with Gasteiger partial charge in [0.15, 0.2) is 0 Å². The van der Waals surface area contributed by atoms with Crippen molar-refractivity contribution in [2.24, 2.45) is 5.73 Å². The van der Waals surface area contributed by atoms with Gasteiger partial charge in [0.1, 0.15) is 5.60 Å². The van der Waals surface area contributed by atoms with Crippen LogP contribution in [0.25, 0.3) is 0 Å². The summed E-state index contributed by atoms with van der Waals surface area (Å²) in [7, 11) is -3.66. The van der Waals surface area contributed by atoms with Gasteiger partial charge in [-0.1, -0.05) is 36.4 Å². The van der Waals surface area contributed by atoms with Gasteiger partial charge in [-0.2, -0.15) is 4.31 Å². The van der Waals surface area contributed by atoms with Gasteiger partial charge in [0.25, 0.3) is 0 Å². The van der Waals surface area contributed by atoms with Gasteiger partial charge >= 0.3 is 12.2 Å². The molecule has 200 valence electrons. The number of ether oxygens (including phenoxy) is 2. The molecule has 36 heavy (non-hydrogen) atoms. The summed E-state index contributed by atoms with van der Waals surface area (Å²) in [5.41, 5.74) is 5.26. The number of benzene rings is 1. The number of rotatable bonds is 13. The number of nitrogens with zero attached hydrogens (tertiary/aromatic N) is 1. The zero-order chi connectivity index (χ0) is 26.8. The number of primary amides is 1. The third kappa shape index (κ3) is 11.0. The number of unbranched alkanes of at least 4 members (excludes halogenated alkanes) is 1. The van der Waals surface area contributed by atoms with Crippen molar-refractivity contribution < 1.29 is 27.5 Å². The Morgan fingerprint density at radius 2 is 1.81 bits per heavy atom. The van der Waals surface area contributed by atoms with Crippen LogP contribution in [-0.4, -0.2) is 55.5 Å². The van der Waals surface area contributed by atoms with Crippen LogP contribution in [0, 0.1) is 0 Å². The van der Waals surface area contributed by atoms with E-state index in [1.165, 1.54) is 21.9 Å². The number of carbonyl (C=O) groups is 2. The number of hydrogen-bond donors (Lipinski definition) is 2. The van der Waals surface area contributed by atoms with E-state index in [0.29, 0.717) is 25.7 Å². The summed E-state index contributed by atoms with van der Waals surface area (Å²) < 4.78 is 37.9. The van der Waals surface area contributed by atoms with Crippen molar-refractivity contribution in [1.29, 1.82) is 0 Å². The van der Waals surface area contributed by atoms with Gasteiger partial charge < -0.3 is 20.5 Å². The molecule has 0 fully saturated rings. The Bertz CT molecular complexity index is 1050. The predicted molar refractivity (Wildman–Crippen MR) is 141 cm³/mol. The first-order valence-electron chi connectivity index (χ1n) is 11.8. The third-order valence-electron chi connectivity index (χ3n) is 5.30. The number of nitrogens with two attached hydrogens (primary N) is 1. The van der Waals surface area contributed by atoms with Crippen LogP contribution >= 0.6 is 11.3 Å². The fourth-order valence-corrected chi connectivity index (χ4v) is 5.67. The van der Waals surface area contributed by atoms with Gasteiger partial charge in [-0.25, -0.2) is 18.0 Å². The van der Waals surface area contributed by atoms with Crippen LogP contribution in [0.3, 0.4) is 0 Å². The zero-order valence-corrected chi connectivity index (χ0v) is 22.9. The molecule has 0 saturated heterocycles. The molecule has 1 unspecified atom stereocenters. The first-order chi connectivity index (χ1) is 16.8. The molecule has 0 spiro atoms. The van der Waals surface area contributed by atoms with Gasteiger partial charge in [-0.05, 0) is 63.5 Å². The molecule has 0 aliphatic heterocycles. The molecule has 11 heteroatoms. The van der Waals surface area contributed by atoms with E-state index in [-0.39, 0.29) is 13.2 Å². The van der Waals surface area contributed by atoms with E-state index in [2.05, 4.69) is 5.32 Å². The number of nitrogens with one attached hydrogen (secondary N) is 1. The largest absolute Gasteiger partial charge is 0.450 e.